The van der Waals surface area contributed by atoms with E-state index in [0.29, 0.717) is 22.4 Å². The minimum absolute atomic E-state index is 0.00856. The monoisotopic (exact) mass is 287 g/mol. The maximum atomic E-state index is 12.1. The minimum Gasteiger partial charge on any atom is -0.348 e. The molecule has 0 aliphatic rings. The smallest absolute Gasteiger partial charge is 0.251 e. The van der Waals surface area contributed by atoms with Crippen LogP contribution in [0.15, 0.2) is 18.2 Å². The van der Waals surface area contributed by atoms with E-state index < -0.39 is 0 Å². The van der Waals surface area contributed by atoms with E-state index in [9.17, 15) is 4.79 Å². The van der Waals surface area contributed by atoms with Crippen LogP contribution in [0.3, 0.4) is 0 Å². The molecule has 1 aromatic rings. The Bertz CT molecular complexity index is 418. The Morgan fingerprint density at radius 2 is 2.06 bits per heavy atom. The van der Waals surface area contributed by atoms with Crippen LogP contribution in [0.4, 0.5) is 0 Å². The molecule has 0 fully saturated rings. The summed E-state index contributed by atoms with van der Waals surface area (Å²) in [6, 6.07) is 5.26. The van der Waals surface area contributed by atoms with Crippen molar-refractivity contribution in [1.82, 2.24) is 5.32 Å². The highest BCUT2D eigenvalue weighted by Gasteiger charge is 2.15. The molecule has 1 unspecified atom stereocenters. The molecule has 18 heavy (non-hydrogen) atoms. The summed E-state index contributed by atoms with van der Waals surface area (Å²) in [4.78, 5) is 12.1. The van der Waals surface area contributed by atoms with Crippen LogP contribution in [0.2, 0.25) is 5.02 Å². The molecule has 4 heteroatoms. The molecule has 1 rings (SSSR count). The predicted octanol–water partition coefficient (Wildman–Crippen LogP) is 4.03. The van der Waals surface area contributed by atoms with Gasteiger partial charge in [0.05, 0.1) is 0 Å². The van der Waals surface area contributed by atoms with E-state index >= 15 is 0 Å². The lowest BCUT2D eigenvalue weighted by Crippen LogP contribution is -2.37. The average Bonchev–Trinajstić information content (AvgIpc) is 2.27. The minimum atomic E-state index is -0.0875. The van der Waals surface area contributed by atoms with E-state index in [2.05, 4.69) is 19.2 Å². The van der Waals surface area contributed by atoms with Gasteiger partial charge < -0.3 is 5.32 Å². The maximum absolute atomic E-state index is 12.1. The molecule has 0 heterocycles. The second-order valence-electron chi connectivity index (χ2n) is 4.91. The second-order valence-corrected chi connectivity index (χ2v) is 5.66. The molecule has 0 aromatic heterocycles. The first-order valence-corrected chi connectivity index (χ1v) is 6.98. The first-order valence-electron chi connectivity index (χ1n) is 6.07. The summed E-state index contributed by atoms with van der Waals surface area (Å²) >= 11 is 11.7. The van der Waals surface area contributed by atoms with Gasteiger partial charge in [-0.1, -0.05) is 25.4 Å². The van der Waals surface area contributed by atoms with Gasteiger partial charge in [0.15, 0.2) is 0 Å². The molecule has 1 amide bonds. The van der Waals surface area contributed by atoms with Gasteiger partial charge in [-0.3, -0.25) is 4.79 Å². The number of nitrogens with one attached hydrogen (secondary N) is 1. The van der Waals surface area contributed by atoms with E-state index in [4.69, 9.17) is 23.2 Å². The highest BCUT2D eigenvalue weighted by molar-refractivity contribution is 6.30. The first kappa shape index (κ1) is 15.3. The molecule has 0 saturated heterocycles. The molecule has 1 aromatic carbocycles. The van der Waals surface area contributed by atoms with Gasteiger partial charge in [0.25, 0.3) is 5.91 Å². The van der Waals surface area contributed by atoms with E-state index in [1.165, 1.54) is 0 Å². The molecule has 0 bridgehead atoms. The predicted molar refractivity (Wildman–Crippen MR) is 77.6 cm³/mol. The Labute approximate surface area is 119 Å². The zero-order valence-electron chi connectivity index (χ0n) is 11.0. The second kappa shape index (κ2) is 7.01. The third kappa shape index (κ3) is 4.51. The third-order valence-electron chi connectivity index (χ3n) is 2.71. The number of amides is 1. The fourth-order valence-electron chi connectivity index (χ4n) is 1.87. The van der Waals surface area contributed by atoms with Crippen molar-refractivity contribution in [2.24, 2.45) is 5.92 Å². The van der Waals surface area contributed by atoms with Crippen molar-refractivity contribution in [3.8, 4) is 0 Å². The summed E-state index contributed by atoms with van der Waals surface area (Å²) in [5, 5.41) is 3.60. The Morgan fingerprint density at radius 3 is 2.56 bits per heavy atom. The lowest BCUT2D eigenvalue weighted by Gasteiger charge is -2.18. The molecular weight excluding hydrogens is 269 g/mol. The average molecular weight is 288 g/mol. The van der Waals surface area contributed by atoms with Gasteiger partial charge in [-0.2, -0.15) is 0 Å². The molecule has 1 N–H and O–H groups in total. The van der Waals surface area contributed by atoms with E-state index in [1.807, 2.05) is 6.92 Å². The normalized spacial score (nSPS) is 12.6. The van der Waals surface area contributed by atoms with Crippen LogP contribution in [0.1, 0.15) is 36.2 Å². The molecule has 0 aliphatic carbocycles. The van der Waals surface area contributed by atoms with Crippen molar-refractivity contribution < 1.29 is 4.79 Å². The van der Waals surface area contributed by atoms with Crippen molar-refractivity contribution >= 4 is 29.1 Å². The van der Waals surface area contributed by atoms with E-state index in [0.717, 1.165) is 12.0 Å². The quantitative estimate of drug-likeness (QED) is 0.814. The Hall–Kier alpha value is -0.730. The lowest BCUT2D eigenvalue weighted by atomic mass is 10.0. The summed E-state index contributed by atoms with van der Waals surface area (Å²) in [6.45, 7) is 6.09. The SMILES string of the molecule is Cc1cc(Cl)ccc1C(=O)NC(CCl)CC(C)C. The summed E-state index contributed by atoms with van der Waals surface area (Å²) < 4.78 is 0. The maximum Gasteiger partial charge on any atom is 0.251 e. The highest BCUT2D eigenvalue weighted by atomic mass is 35.5. The first-order chi connectivity index (χ1) is 8.43. The van der Waals surface area contributed by atoms with Crippen molar-refractivity contribution in [1.29, 1.82) is 0 Å². The van der Waals surface area contributed by atoms with Crippen molar-refractivity contribution in [2.75, 3.05) is 5.88 Å². The van der Waals surface area contributed by atoms with Gasteiger partial charge in [-0.15, -0.1) is 11.6 Å². The standard InChI is InChI=1S/C14H19Cl2NO/c1-9(2)6-12(8-15)17-14(18)13-5-4-11(16)7-10(13)3/h4-5,7,9,12H,6,8H2,1-3H3,(H,17,18). The largest absolute Gasteiger partial charge is 0.348 e. The molecular formula is C14H19Cl2NO. The Kier molecular flexibility index (Phi) is 5.97. The van der Waals surface area contributed by atoms with Crippen LogP contribution in [0.25, 0.3) is 0 Å². The van der Waals surface area contributed by atoms with Gasteiger partial charge >= 0.3 is 0 Å². The number of alkyl halides is 1. The van der Waals surface area contributed by atoms with Crippen LogP contribution in [0.5, 0.6) is 0 Å². The number of aryl methyl sites for hydroxylation is 1. The van der Waals surface area contributed by atoms with E-state index in [1.54, 1.807) is 18.2 Å². The number of hydrogen-bond donors (Lipinski definition) is 1. The number of hydrogen-bond acceptors (Lipinski definition) is 1. The Morgan fingerprint density at radius 1 is 1.39 bits per heavy atom. The molecule has 0 radical (unpaired) electrons. The summed E-state index contributed by atoms with van der Waals surface area (Å²) in [6.07, 6.45) is 0.877. The molecule has 1 atom stereocenters. The third-order valence-corrected chi connectivity index (χ3v) is 3.32. The molecule has 2 nitrogen and oxygen atoms in total. The molecule has 0 saturated carbocycles. The number of rotatable bonds is 5. The van der Waals surface area contributed by atoms with Crippen LogP contribution in [0, 0.1) is 12.8 Å². The van der Waals surface area contributed by atoms with Crippen LogP contribution in [-0.2, 0) is 0 Å². The van der Waals surface area contributed by atoms with Gasteiger partial charge in [0, 0.05) is 22.5 Å². The van der Waals surface area contributed by atoms with Gasteiger partial charge in [-0.25, -0.2) is 0 Å². The fraction of sp³-hybridized carbons (Fsp3) is 0.500. The van der Waals surface area contributed by atoms with Gasteiger partial charge in [-0.05, 0) is 43.0 Å². The number of benzene rings is 1. The zero-order chi connectivity index (χ0) is 13.7. The highest BCUT2D eigenvalue weighted by Crippen LogP contribution is 2.16. The van der Waals surface area contributed by atoms with Crippen molar-refractivity contribution in [3.63, 3.8) is 0 Å². The summed E-state index contributed by atoms with van der Waals surface area (Å²) in [5.74, 6) is 0.840. The fourth-order valence-corrected chi connectivity index (χ4v) is 2.30. The van der Waals surface area contributed by atoms with Gasteiger partial charge in [0.2, 0.25) is 0 Å². The van der Waals surface area contributed by atoms with Crippen molar-refractivity contribution in [3.05, 3.63) is 34.3 Å². The van der Waals surface area contributed by atoms with Crippen LogP contribution >= 0.6 is 23.2 Å². The Balaban J connectivity index is 2.74. The lowest BCUT2D eigenvalue weighted by molar-refractivity contribution is 0.0936. The summed E-state index contributed by atoms with van der Waals surface area (Å²) in [7, 11) is 0. The summed E-state index contributed by atoms with van der Waals surface area (Å²) in [5.41, 5.74) is 1.52. The molecule has 0 spiro atoms. The van der Waals surface area contributed by atoms with Gasteiger partial charge in [0.1, 0.15) is 0 Å². The topological polar surface area (TPSA) is 29.1 Å². The zero-order valence-corrected chi connectivity index (χ0v) is 12.5. The number of carbonyl (C=O) groups is 1. The number of carbonyl (C=O) groups excluding carboxylic acids is 1. The molecule has 0 aliphatic heterocycles. The van der Waals surface area contributed by atoms with Crippen molar-refractivity contribution in [2.45, 2.75) is 33.2 Å². The van der Waals surface area contributed by atoms with Crippen LogP contribution < -0.4 is 5.32 Å². The van der Waals surface area contributed by atoms with E-state index in [-0.39, 0.29) is 11.9 Å². The number of halogens is 2. The molecule has 100 valence electrons. The van der Waals surface area contributed by atoms with Crippen LogP contribution in [-0.4, -0.2) is 17.8 Å².